The number of aryl methyl sites for hydroxylation is 2. The van der Waals surface area contributed by atoms with Crippen LogP contribution in [0.15, 0.2) is 22.6 Å². The minimum absolute atomic E-state index is 0.0622. The summed E-state index contributed by atoms with van der Waals surface area (Å²) in [6.07, 6.45) is 4.36. The summed E-state index contributed by atoms with van der Waals surface area (Å²) in [5, 5.41) is 1.08. The maximum atomic E-state index is 12.5. The van der Waals surface area contributed by atoms with Gasteiger partial charge in [-0.3, -0.25) is 9.59 Å². The quantitative estimate of drug-likeness (QED) is 0.696. The standard InChI is InChI=1S/C21H27NO5/c1-4-22(12-14(2)21(24)25-3)20(23)13-26-15-9-10-19-17(11-15)16-7-5-6-8-18(16)27-19/h9-11,14H,4-8,12-13H2,1-3H3. The Kier molecular flexibility index (Phi) is 6.04. The van der Waals surface area contributed by atoms with Crippen molar-refractivity contribution in [3.05, 3.63) is 29.5 Å². The molecule has 3 rings (SSSR count). The Morgan fingerprint density at radius 1 is 1.26 bits per heavy atom. The second kappa shape index (κ2) is 8.46. The molecule has 1 amide bonds. The molecular weight excluding hydrogens is 346 g/mol. The molecule has 0 saturated heterocycles. The van der Waals surface area contributed by atoms with E-state index in [1.165, 1.54) is 25.5 Å². The topological polar surface area (TPSA) is 69.0 Å². The molecule has 0 aliphatic heterocycles. The molecule has 2 aromatic rings. The van der Waals surface area contributed by atoms with Gasteiger partial charge in [0.25, 0.3) is 5.91 Å². The van der Waals surface area contributed by atoms with Crippen LogP contribution >= 0.6 is 0 Å². The molecule has 1 aliphatic carbocycles. The van der Waals surface area contributed by atoms with E-state index in [1.54, 1.807) is 11.8 Å². The van der Waals surface area contributed by atoms with Crippen LogP contribution in [-0.2, 0) is 27.2 Å². The highest BCUT2D eigenvalue weighted by Gasteiger charge is 2.21. The highest BCUT2D eigenvalue weighted by atomic mass is 16.5. The summed E-state index contributed by atoms with van der Waals surface area (Å²) in [6, 6.07) is 5.70. The average Bonchev–Trinajstić information content (AvgIpc) is 3.07. The van der Waals surface area contributed by atoms with Crippen LogP contribution in [0.5, 0.6) is 5.75 Å². The van der Waals surface area contributed by atoms with Gasteiger partial charge in [0.2, 0.25) is 0 Å². The van der Waals surface area contributed by atoms with Crippen molar-refractivity contribution in [2.24, 2.45) is 5.92 Å². The van der Waals surface area contributed by atoms with E-state index >= 15 is 0 Å². The van der Waals surface area contributed by atoms with Gasteiger partial charge in [-0.2, -0.15) is 0 Å². The third-order valence-corrected chi connectivity index (χ3v) is 5.12. The molecule has 0 fully saturated rings. The molecular formula is C21H27NO5. The Morgan fingerprint density at radius 2 is 2.04 bits per heavy atom. The third-order valence-electron chi connectivity index (χ3n) is 5.12. The Balaban J connectivity index is 1.64. The molecule has 1 aliphatic rings. The van der Waals surface area contributed by atoms with Crippen LogP contribution in [0.1, 0.15) is 38.0 Å². The van der Waals surface area contributed by atoms with Crippen LogP contribution in [0.3, 0.4) is 0 Å². The van der Waals surface area contributed by atoms with Crippen molar-refractivity contribution in [1.29, 1.82) is 0 Å². The minimum atomic E-state index is -0.368. The highest BCUT2D eigenvalue weighted by Crippen LogP contribution is 2.33. The van der Waals surface area contributed by atoms with Crippen molar-refractivity contribution in [2.75, 3.05) is 26.8 Å². The smallest absolute Gasteiger partial charge is 0.310 e. The number of likely N-dealkylation sites (N-methyl/N-ethyl adjacent to an activating group) is 1. The minimum Gasteiger partial charge on any atom is -0.484 e. The monoisotopic (exact) mass is 373 g/mol. The predicted octanol–water partition coefficient (Wildman–Crippen LogP) is 3.35. The molecule has 0 spiro atoms. The fourth-order valence-corrected chi connectivity index (χ4v) is 3.58. The molecule has 6 heteroatoms. The first-order valence-corrected chi connectivity index (χ1v) is 9.56. The van der Waals surface area contributed by atoms with E-state index in [-0.39, 0.29) is 24.4 Å². The summed E-state index contributed by atoms with van der Waals surface area (Å²) >= 11 is 0. The first-order chi connectivity index (χ1) is 13.0. The first-order valence-electron chi connectivity index (χ1n) is 9.56. The first kappa shape index (κ1) is 19.3. The molecule has 1 atom stereocenters. The lowest BCUT2D eigenvalue weighted by atomic mass is 9.96. The summed E-state index contributed by atoms with van der Waals surface area (Å²) in [5.41, 5.74) is 2.15. The number of carbonyl (C=O) groups excluding carboxylic acids is 2. The number of amides is 1. The molecule has 1 heterocycles. The van der Waals surface area contributed by atoms with Gasteiger partial charge >= 0.3 is 5.97 Å². The zero-order chi connectivity index (χ0) is 19.4. The Bertz CT molecular complexity index is 825. The Hall–Kier alpha value is -2.50. The normalized spacial score (nSPS) is 14.5. The number of methoxy groups -OCH3 is 1. The lowest BCUT2D eigenvalue weighted by Gasteiger charge is -2.23. The molecule has 0 saturated carbocycles. The van der Waals surface area contributed by atoms with Gasteiger partial charge in [-0.25, -0.2) is 0 Å². The summed E-state index contributed by atoms with van der Waals surface area (Å²) in [6.45, 7) is 4.40. The molecule has 1 aromatic heterocycles. The number of fused-ring (bicyclic) bond motifs is 3. The SMILES string of the molecule is CCN(CC(C)C(=O)OC)C(=O)COc1ccc2oc3c(c2c1)CCCC3. The van der Waals surface area contributed by atoms with Crippen LogP contribution in [-0.4, -0.2) is 43.6 Å². The number of rotatable bonds is 7. The third kappa shape index (κ3) is 4.26. The van der Waals surface area contributed by atoms with E-state index in [9.17, 15) is 9.59 Å². The van der Waals surface area contributed by atoms with Crippen molar-refractivity contribution in [3.63, 3.8) is 0 Å². The maximum absolute atomic E-state index is 12.5. The van der Waals surface area contributed by atoms with Gasteiger partial charge < -0.3 is 18.8 Å². The molecule has 1 unspecified atom stereocenters. The zero-order valence-electron chi connectivity index (χ0n) is 16.2. The van der Waals surface area contributed by atoms with E-state index in [0.717, 1.165) is 29.6 Å². The van der Waals surface area contributed by atoms with Crippen LogP contribution in [0.4, 0.5) is 0 Å². The van der Waals surface area contributed by atoms with Gasteiger partial charge in [-0.1, -0.05) is 6.92 Å². The van der Waals surface area contributed by atoms with Crippen LogP contribution in [0.2, 0.25) is 0 Å². The number of hydrogen-bond donors (Lipinski definition) is 0. The zero-order valence-corrected chi connectivity index (χ0v) is 16.2. The number of ether oxygens (including phenoxy) is 2. The molecule has 0 N–H and O–H groups in total. The van der Waals surface area contributed by atoms with Crippen molar-refractivity contribution in [2.45, 2.75) is 39.5 Å². The number of esters is 1. The lowest BCUT2D eigenvalue weighted by Crippen LogP contribution is -2.39. The number of carbonyl (C=O) groups is 2. The summed E-state index contributed by atoms with van der Waals surface area (Å²) in [7, 11) is 1.35. The van der Waals surface area contributed by atoms with E-state index in [1.807, 2.05) is 25.1 Å². The Morgan fingerprint density at radius 3 is 2.78 bits per heavy atom. The van der Waals surface area contributed by atoms with Crippen LogP contribution in [0, 0.1) is 5.92 Å². The van der Waals surface area contributed by atoms with Crippen LogP contribution < -0.4 is 4.74 Å². The van der Waals surface area contributed by atoms with Crippen molar-refractivity contribution < 1.29 is 23.5 Å². The van der Waals surface area contributed by atoms with Crippen molar-refractivity contribution in [3.8, 4) is 5.75 Å². The number of nitrogens with zero attached hydrogens (tertiary/aromatic N) is 1. The van der Waals surface area contributed by atoms with E-state index < -0.39 is 0 Å². The second-order valence-corrected chi connectivity index (χ2v) is 7.01. The summed E-state index contributed by atoms with van der Waals surface area (Å²) in [4.78, 5) is 25.7. The molecule has 0 bridgehead atoms. The Labute approximate surface area is 159 Å². The van der Waals surface area contributed by atoms with Gasteiger partial charge in [0.15, 0.2) is 6.61 Å². The number of hydrogen-bond acceptors (Lipinski definition) is 5. The molecule has 0 radical (unpaired) electrons. The molecule has 1 aromatic carbocycles. The highest BCUT2D eigenvalue weighted by molar-refractivity contribution is 5.84. The van der Waals surface area contributed by atoms with Gasteiger partial charge in [-0.05, 0) is 44.4 Å². The van der Waals surface area contributed by atoms with Crippen LogP contribution in [0.25, 0.3) is 11.0 Å². The number of furan rings is 1. The second-order valence-electron chi connectivity index (χ2n) is 7.01. The van der Waals surface area contributed by atoms with Gasteiger partial charge in [0.05, 0.1) is 13.0 Å². The predicted molar refractivity (Wildman–Crippen MR) is 102 cm³/mol. The van der Waals surface area contributed by atoms with E-state index in [2.05, 4.69) is 0 Å². The van der Waals surface area contributed by atoms with Gasteiger partial charge in [0, 0.05) is 30.5 Å². The largest absolute Gasteiger partial charge is 0.484 e. The fraction of sp³-hybridized carbons (Fsp3) is 0.524. The lowest BCUT2D eigenvalue weighted by molar-refractivity contribution is -0.146. The van der Waals surface area contributed by atoms with Crippen molar-refractivity contribution >= 4 is 22.8 Å². The summed E-state index contributed by atoms with van der Waals surface area (Å²) < 4.78 is 16.4. The van der Waals surface area contributed by atoms with Gasteiger partial charge in [0.1, 0.15) is 17.1 Å². The molecule has 27 heavy (non-hydrogen) atoms. The maximum Gasteiger partial charge on any atom is 0.310 e. The number of benzene rings is 1. The summed E-state index contributed by atoms with van der Waals surface area (Å²) in [5.74, 6) is 0.896. The molecule has 146 valence electrons. The van der Waals surface area contributed by atoms with E-state index in [0.29, 0.717) is 18.8 Å². The molecule has 6 nitrogen and oxygen atoms in total. The van der Waals surface area contributed by atoms with Crippen molar-refractivity contribution in [1.82, 2.24) is 4.90 Å². The van der Waals surface area contributed by atoms with E-state index in [4.69, 9.17) is 13.9 Å². The fourth-order valence-electron chi connectivity index (χ4n) is 3.58. The van der Waals surface area contributed by atoms with Gasteiger partial charge in [-0.15, -0.1) is 0 Å². The average molecular weight is 373 g/mol.